The lowest BCUT2D eigenvalue weighted by molar-refractivity contribution is 0.0975. The molecule has 1 aromatic rings. The van der Waals surface area contributed by atoms with E-state index in [2.05, 4.69) is 51.7 Å². The van der Waals surface area contributed by atoms with Gasteiger partial charge in [0.25, 0.3) is 0 Å². The van der Waals surface area contributed by atoms with Crippen LogP contribution in [-0.2, 0) is 5.41 Å². The minimum absolute atomic E-state index is 0.143. The Morgan fingerprint density at radius 3 is 2.05 bits per heavy atom. The fraction of sp³-hybridized carbons (Fsp3) is 0.611. The molecule has 0 saturated heterocycles. The van der Waals surface area contributed by atoms with E-state index in [9.17, 15) is 4.79 Å². The maximum Gasteiger partial charge on any atom is 0.162 e. The number of Topliss-reactive ketones (excluding diaryl/α,β-unsaturated/α-hetero) is 1. The van der Waals surface area contributed by atoms with Crippen molar-refractivity contribution in [1.82, 2.24) is 4.90 Å². The largest absolute Gasteiger partial charge is 0.304 e. The SMILES string of the molecule is CCN(CC)CCCC(=O)c1ccc(C(C)(C)C)cc1. The van der Waals surface area contributed by atoms with Crippen LogP contribution in [0.25, 0.3) is 0 Å². The molecule has 0 N–H and O–H groups in total. The number of carbonyl (C=O) groups is 1. The molecule has 0 unspecified atom stereocenters. The van der Waals surface area contributed by atoms with Crippen LogP contribution in [0.3, 0.4) is 0 Å². The van der Waals surface area contributed by atoms with Crippen molar-refractivity contribution in [2.75, 3.05) is 19.6 Å². The van der Waals surface area contributed by atoms with Gasteiger partial charge in [-0.25, -0.2) is 0 Å². The quantitative estimate of drug-likeness (QED) is 0.692. The number of hydrogen-bond acceptors (Lipinski definition) is 2. The predicted molar refractivity (Wildman–Crippen MR) is 86.5 cm³/mol. The summed E-state index contributed by atoms with van der Waals surface area (Å²) in [6, 6.07) is 8.11. The van der Waals surface area contributed by atoms with Crippen molar-refractivity contribution in [1.29, 1.82) is 0 Å². The predicted octanol–water partition coefficient (Wildman–Crippen LogP) is 4.29. The van der Waals surface area contributed by atoms with Crippen molar-refractivity contribution >= 4 is 5.78 Å². The van der Waals surface area contributed by atoms with Gasteiger partial charge in [-0.05, 0) is 37.0 Å². The average Bonchev–Trinajstić information content (AvgIpc) is 2.42. The zero-order valence-corrected chi connectivity index (χ0v) is 13.7. The summed E-state index contributed by atoms with van der Waals surface area (Å²) < 4.78 is 0. The van der Waals surface area contributed by atoms with Crippen molar-refractivity contribution < 1.29 is 4.79 Å². The van der Waals surface area contributed by atoms with Gasteiger partial charge in [-0.15, -0.1) is 0 Å². The van der Waals surface area contributed by atoms with Gasteiger partial charge in [0.2, 0.25) is 0 Å². The average molecular weight is 275 g/mol. The van der Waals surface area contributed by atoms with E-state index < -0.39 is 0 Å². The summed E-state index contributed by atoms with van der Waals surface area (Å²) in [5.74, 6) is 0.262. The minimum Gasteiger partial charge on any atom is -0.304 e. The minimum atomic E-state index is 0.143. The first-order chi connectivity index (χ1) is 9.38. The highest BCUT2D eigenvalue weighted by Crippen LogP contribution is 2.22. The van der Waals surface area contributed by atoms with Crippen molar-refractivity contribution in [2.45, 2.75) is 52.9 Å². The third-order valence-electron chi connectivity index (χ3n) is 3.85. The van der Waals surface area contributed by atoms with E-state index in [0.717, 1.165) is 31.6 Å². The molecule has 1 rings (SSSR count). The Hall–Kier alpha value is -1.15. The monoisotopic (exact) mass is 275 g/mol. The molecule has 0 atom stereocenters. The van der Waals surface area contributed by atoms with Gasteiger partial charge in [-0.3, -0.25) is 4.79 Å². The van der Waals surface area contributed by atoms with Crippen molar-refractivity contribution in [3.63, 3.8) is 0 Å². The van der Waals surface area contributed by atoms with Crippen LogP contribution < -0.4 is 0 Å². The van der Waals surface area contributed by atoms with Gasteiger partial charge < -0.3 is 4.90 Å². The van der Waals surface area contributed by atoms with Crippen LogP contribution in [0.1, 0.15) is 63.4 Å². The summed E-state index contributed by atoms with van der Waals surface area (Å²) in [5, 5.41) is 0. The van der Waals surface area contributed by atoms with Crippen LogP contribution in [-0.4, -0.2) is 30.3 Å². The topological polar surface area (TPSA) is 20.3 Å². The Kier molecular flexibility index (Phi) is 6.41. The lowest BCUT2D eigenvalue weighted by atomic mass is 9.86. The highest BCUT2D eigenvalue weighted by atomic mass is 16.1. The molecule has 112 valence electrons. The molecule has 0 fully saturated rings. The first-order valence-electron chi connectivity index (χ1n) is 7.74. The van der Waals surface area contributed by atoms with E-state index in [1.54, 1.807) is 0 Å². The molecule has 0 bridgehead atoms. The molecular weight excluding hydrogens is 246 g/mol. The third-order valence-corrected chi connectivity index (χ3v) is 3.85. The molecule has 0 amide bonds. The fourth-order valence-corrected chi connectivity index (χ4v) is 2.30. The Labute approximate surface area is 124 Å². The van der Waals surface area contributed by atoms with Gasteiger partial charge >= 0.3 is 0 Å². The second-order valence-corrected chi connectivity index (χ2v) is 6.38. The summed E-state index contributed by atoms with van der Waals surface area (Å²) in [4.78, 5) is 14.5. The fourth-order valence-electron chi connectivity index (χ4n) is 2.30. The number of benzene rings is 1. The Morgan fingerprint density at radius 2 is 1.60 bits per heavy atom. The summed E-state index contributed by atoms with van der Waals surface area (Å²) in [6.45, 7) is 14.0. The van der Waals surface area contributed by atoms with Crippen LogP contribution in [0.4, 0.5) is 0 Å². The van der Waals surface area contributed by atoms with Crippen LogP contribution in [0.15, 0.2) is 24.3 Å². The second kappa shape index (κ2) is 7.58. The maximum absolute atomic E-state index is 12.1. The van der Waals surface area contributed by atoms with Gasteiger partial charge in [0.15, 0.2) is 5.78 Å². The molecule has 2 nitrogen and oxygen atoms in total. The molecule has 0 saturated carbocycles. The van der Waals surface area contributed by atoms with Gasteiger partial charge in [-0.2, -0.15) is 0 Å². The molecule has 0 aliphatic rings. The van der Waals surface area contributed by atoms with Gasteiger partial charge in [0, 0.05) is 12.0 Å². The van der Waals surface area contributed by atoms with Gasteiger partial charge in [-0.1, -0.05) is 58.9 Å². The van der Waals surface area contributed by atoms with Crippen molar-refractivity contribution in [2.24, 2.45) is 0 Å². The molecular formula is C18H29NO. The maximum atomic E-state index is 12.1. The zero-order chi connectivity index (χ0) is 15.2. The highest BCUT2D eigenvalue weighted by Gasteiger charge is 2.14. The van der Waals surface area contributed by atoms with Gasteiger partial charge in [0.1, 0.15) is 0 Å². The van der Waals surface area contributed by atoms with Crippen molar-refractivity contribution in [3.05, 3.63) is 35.4 Å². The molecule has 1 aromatic carbocycles. The molecule has 0 aliphatic carbocycles. The van der Waals surface area contributed by atoms with Crippen LogP contribution >= 0.6 is 0 Å². The first kappa shape index (κ1) is 16.9. The van der Waals surface area contributed by atoms with Crippen LogP contribution in [0.2, 0.25) is 0 Å². The lowest BCUT2D eigenvalue weighted by Crippen LogP contribution is -2.24. The standard InChI is InChI=1S/C18H29NO/c1-6-19(7-2)14-8-9-17(20)15-10-12-16(13-11-15)18(3,4)5/h10-13H,6-9,14H2,1-5H3. The van der Waals surface area contributed by atoms with E-state index >= 15 is 0 Å². The molecule has 0 spiro atoms. The smallest absolute Gasteiger partial charge is 0.162 e. The third kappa shape index (κ3) is 5.09. The van der Waals surface area contributed by atoms with Crippen molar-refractivity contribution in [3.8, 4) is 0 Å². The second-order valence-electron chi connectivity index (χ2n) is 6.38. The van der Waals surface area contributed by atoms with E-state index in [1.807, 2.05) is 12.1 Å². The molecule has 0 heterocycles. The molecule has 0 radical (unpaired) electrons. The van der Waals surface area contributed by atoms with E-state index in [0.29, 0.717) is 6.42 Å². The summed E-state index contributed by atoms with van der Waals surface area (Å²) in [7, 11) is 0. The zero-order valence-electron chi connectivity index (χ0n) is 13.7. The number of ketones is 1. The number of carbonyl (C=O) groups excluding carboxylic acids is 1. The van der Waals surface area contributed by atoms with Crippen LogP contribution in [0.5, 0.6) is 0 Å². The molecule has 0 aliphatic heterocycles. The number of rotatable bonds is 7. The summed E-state index contributed by atoms with van der Waals surface area (Å²) in [5.41, 5.74) is 2.26. The summed E-state index contributed by atoms with van der Waals surface area (Å²) >= 11 is 0. The van der Waals surface area contributed by atoms with E-state index in [1.165, 1.54) is 5.56 Å². The molecule has 20 heavy (non-hydrogen) atoms. The Bertz CT molecular complexity index is 410. The van der Waals surface area contributed by atoms with Crippen LogP contribution in [0, 0.1) is 0 Å². The first-order valence-corrected chi connectivity index (χ1v) is 7.74. The molecule has 0 aromatic heterocycles. The highest BCUT2D eigenvalue weighted by molar-refractivity contribution is 5.96. The van der Waals surface area contributed by atoms with Gasteiger partial charge in [0.05, 0.1) is 0 Å². The Balaban J connectivity index is 2.52. The Morgan fingerprint density at radius 1 is 1.05 bits per heavy atom. The number of hydrogen-bond donors (Lipinski definition) is 0. The molecule has 2 heteroatoms. The summed E-state index contributed by atoms with van der Waals surface area (Å²) in [6.07, 6.45) is 1.59. The normalized spacial score (nSPS) is 11.9. The van der Waals surface area contributed by atoms with E-state index in [-0.39, 0.29) is 11.2 Å². The van der Waals surface area contributed by atoms with E-state index in [4.69, 9.17) is 0 Å². The lowest BCUT2D eigenvalue weighted by Gasteiger charge is -2.19. The number of nitrogens with zero attached hydrogens (tertiary/aromatic N) is 1.